The number of halogens is 1. The highest BCUT2D eigenvalue weighted by molar-refractivity contribution is 7.85. The third-order valence-electron chi connectivity index (χ3n) is 4.69. The van der Waals surface area contributed by atoms with E-state index in [1.54, 1.807) is 12.1 Å². The van der Waals surface area contributed by atoms with Crippen LogP contribution in [0, 0.1) is 17.2 Å². The number of rotatable bonds is 3. The van der Waals surface area contributed by atoms with Crippen molar-refractivity contribution >= 4 is 10.8 Å². The number of nitrogens with one attached hydrogen (secondary N) is 1. The predicted octanol–water partition coefficient (Wildman–Crippen LogP) is 3.74. The minimum absolute atomic E-state index is 0.0507. The van der Waals surface area contributed by atoms with Gasteiger partial charge in [-0.05, 0) is 55.8 Å². The van der Waals surface area contributed by atoms with Gasteiger partial charge in [0.25, 0.3) is 0 Å². The molecule has 0 bridgehead atoms. The Balaban J connectivity index is 2.23. The molecule has 1 aromatic carbocycles. The summed E-state index contributed by atoms with van der Waals surface area (Å²) in [6.07, 6.45) is 3.12. The molecule has 4 atom stereocenters. The molecule has 4 unspecified atom stereocenters. The van der Waals surface area contributed by atoms with Crippen LogP contribution in [-0.2, 0) is 10.8 Å². The number of benzene rings is 1. The van der Waals surface area contributed by atoms with E-state index in [9.17, 15) is 8.60 Å². The molecule has 0 saturated heterocycles. The topological polar surface area (TPSA) is 29.1 Å². The largest absolute Gasteiger partial charge is 0.316 e. The van der Waals surface area contributed by atoms with Gasteiger partial charge in [0.15, 0.2) is 0 Å². The van der Waals surface area contributed by atoms with Crippen molar-refractivity contribution in [1.82, 2.24) is 5.32 Å². The lowest BCUT2D eigenvalue weighted by Crippen LogP contribution is -2.46. The molecule has 2 nitrogen and oxygen atoms in total. The molecule has 1 N–H and O–H groups in total. The van der Waals surface area contributed by atoms with Gasteiger partial charge in [0.1, 0.15) is 5.82 Å². The van der Waals surface area contributed by atoms with Gasteiger partial charge in [-0.1, -0.05) is 26.8 Å². The van der Waals surface area contributed by atoms with E-state index in [1.165, 1.54) is 12.1 Å². The van der Waals surface area contributed by atoms with Crippen molar-refractivity contribution in [2.24, 2.45) is 11.3 Å². The summed E-state index contributed by atoms with van der Waals surface area (Å²) < 4.78 is 26.3. The molecule has 1 aromatic rings. The highest BCUT2D eigenvalue weighted by atomic mass is 32.2. The van der Waals surface area contributed by atoms with E-state index in [2.05, 4.69) is 26.1 Å². The summed E-state index contributed by atoms with van der Waals surface area (Å²) in [6.45, 7) is 6.75. The Labute approximate surface area is 130 Å². The van der Waals surface area contributed by atoms with Crippen LogP contribution in [0.4, 0.5) is 4.39 Å². The third kappa shape index (κ3) is 3.92. The second-order valence-corrected chi connectivity index (χ2v) is 8.74. The Kier molecular flexibility index (Phi) is 5.20. The molecule has 21 heavy (non-hydrogen) atoms. The second kappa shape index (κ2) is 6.57. The van der Waals surface area contributed by atoms with Gasteiger partial charge in [0.2, 0.25) is 0 Å². The average molecular weight is 311 g/mol. The summed E-state index contributed by atoms with van der Waals surface area (Å²) in [5.41, 5.74) is 0.225. The molecule has 1 fully saturated rings. The van der Waals surface area contributed by atoms with Gasteiger partial charge in [-0.25, -0.2) is 4.39 Å². The van der Waals surface area contributed by atoms with Gasteiger partial charge in [-0.3, -0.25) is 4.21 Å². The molecule has 0 spiro atoms. The average Bonchev–Trinajstić information content (AvgIpc) is 2.44. The van der Waals surface area contributed by atoms with Crippen LogP contribution >= 0.6 is 0 Å². The normalized spacial score (nSPS) is 28.3. The quantitative estimate of drug-likeness (QED) is 0.921. The molecule has 0 heterocycles. The minimum Gasteiger partial charge on any atom is -0.316 e. The first-order chi connectivity index (χ1) is 9.82. The van der Waals surface area contributed by atoms with Crippen LogP contribution in [-0.4, -0.2) is 22.5 Å². The van der Waals surface area contributed by atoms with E-state index in [0.717, 1.165) is 19.3 Å². The molecule has 0 radical (unpaired) electrons. The van der Waals surface area contributed by atoms with Crippen LogP contribution in [0.25, 0.3) is 0 Å². The molecule has 118 valence electrons. The Bertz CT molecular complexity index is 512. The molecule has 2 rings (SSSR count). The zero-order valence-electron chi connectivity index (χ0n) is 13.4. The molecule has 0 aromatic heterocycles. The standard InChI is InChI=1S/C17H26FNOS/c1-17(2,3)12-8-9-15(19-4)16(10-12)21(20)14-7-5-6-13(18)11-14/h5-7,11-12,15-16,19H,8-10H2,1-4H3. The van der Waals surface area contributed by atoms with Crippen LogP contribution < -0.4 is 5.32 Å². The Morgan fingerprint density at radius 2 is 2.00 bits per heavy atom. The lowest BCUT2D eigenvalue weighted by atomic mass is 9.71. The summed E-state index contributed by atoms with van der Waals surface area (Å²) in [5, 5.41) is 3.36. The summed E-state index contributed by atoms with van der Waals surface area (Å²) in [7, 11) is 0.760. The molecule has 1 saturated carbocycles. The first-order valence-electron chi connectivity index (χ1n) is 7.66. The summed E-state index contributed by atoms with van der Waals surface area (Å²) in [6, 6.07) is 6.46. The van der Waals surface area contributed by atoms with E-state index >= 15 is 0 Å². The number of hydrogen-bond acceptors (Lipinski definition) is 2. The van der Waals surface area contributed by atoms with Crippen LogP contribution in [0.2, 0.25) is 0 Å². The molecule has 0 amide bonds. The zero-order valence-corrected chi connectivity index (χ0v) is 14.2. The lowest BCUT2D eigenvalue weighted by molar-refractivity contribution is 0.166. The van der Waals surface area contributed by atoms with Crippen LogP contribution in [0.5, 0.6) is 0 Å². The molecule has 1 aliphatic carbocycles. The van der Waals surface area contributed by atoms with Gasteiger partial charge >= 0.3 is 0 Å². The maximum absolute atomic E-state index is 13.4. The fourth-order valence-corrected chi connectivity index (χ4v) is 5.02. The van der Waals surface area contributed by atoms with Crippen LogP contribution in [0.15, 0.2) is 29.2 Å². The molecule has 4 heteroatoms. The monoisotopic (exact) mass is 311 g/mol. The van der Waals surface area contributed by atoms with Gasteiger partial charge in [-0.2, -0.15) is 0 Å². The minimum atomic E-state index is -1.17. The van der Waals surface area contributed by atoms with Gasteiger partial charge < -0.3 is 5.32 Å². The van der Waals surface area contributed by atoms with Gasteiger partial charge in [0, 0.05) is 10.9 Å². The van der Waals surface area contributed by atoms with Crippen molar-refractivity contribution in [1.29, 1.82) is 0 Å². The van der Waals surface area contributed by atoms with Crippen LogP contribution in [0.3, 0.4) is 0 Å². The van der Waals surface area contributed by atoms with Crippen molar-refractivity contribution in [3.05, 3.63) is 30.1 Å². The summed E-state index contributed by atoms with van der Waals surface area (Å²) in [5.74, 6) is 0.245. The van der Waals surface area contributed by atoms with E-state index in [4.69, 9.17) is 0 Å². The maximum atomic E-state index is 13.4. The first-order valence-corrected chi connectivity index (χ1v) is 8.87. The molecule has 0 aliphatic heterocycles. The highest BCUT2D eigenvalue weighted by Crippen LogP contribution is 2.40. The third-order valence-corrected chi connectivity index (χ3v) is 6.48. The van der Waals surface area contributed by atoms with E-state index in [1.807, 2.05) is 7.05 Å². The van der Waals surface area contributed by atoms with E-state index < -0.39 is 10.8 Å². The number of hydrogen-bond donors (Lipinski definition) is 1. The predicted molar refractivity (Wildman–Crippen MR) is 86.2 cm³/mol. The van der Waals surface area contributed by atoms with Gasteiger partial charge in [0.05, 0.1) is 16.0 Å². The SMILES string of the molecule is CNC1CCC(C(C)(C)C)CC1S(=O)c1cccc(F)c1. The van der Waals surface area contributed by atoms with Crippen molar-refractivity contribution < 1.29 is 8.60 Å². The first kappa shape index (κ1) is 16.6. The maximum Gasteiger partial charge on any atom is 0.124 e. The van der Waals surface area contributed by atoms with E-state index in [-0.39, 0.29) is 22.5 Å². The zero-order chi connectivity index (χ0) is 15.6. The van der Waals surface area contributed by atoms with Crippen molar-refractivity contribution in [2.45, 2.75) is 56.2 Å². The lowest BCUT2D eigenvalue weighted by Gasteiger charge is -2.41. The molecular weight excluding hydrogens is 285 g/mol. The van der Waals surface area contributed by atoms with Crippen LogP contribution in [0.1, 0.15) is 40.0 Å². The van der Waals surface area contributed by atoms with Gasteiger partial charge in [-0.15, -0.1) is 0 Å². The summed E-state index contributed by atoms with van der Waals surface area (Å²) in [4.78, 5) is 0.606. The fraction of sp³-hybridized carbons (Fsp3) is 0.647. The van der Waals surface area contributed by atoms with E-state index in [0.29, 0.717) is 10.8 Å². The Morgan fingerprint density at radius 1 is 1.29 bits per heavy atom. The van der Waals surface area contributed by atoms with Crippen molar-refractivity contribution in [3.8, 4) is 0 Å². The molecular formula is C17H26FNOS. The fourth-order valence-electron chi connectivity index (χ4n) is 3.25. The van der Waals surface area contributed by atoms with Crippen molar-refractivity contribution in [2.75, 3.05) is 7.05 Å². The Hall–Kier alpha value is -0.740. The second-order valence-electron chi connectivity index (χ2n) is 7.06. The summed E-state index contributed by atoms with van der Waals surface area (Å²) >= 11 is 0. The highest BCUT2D eigenvalue weighted by Gasteiger charge is 2.38. The van der Waals surface area contributed by atoms with Crippen molar-refractivity contribution in [3.63, 3.8) is 0 Å². The smallest absolute Gasteiger partial charge is 0.124 e. The Morgan fingerprint density at radius 3 is 2.57 bits per heavy atom. The molecule has 1 aliphatic rings.